The molecule has 1 unspecified atom stereocenters. The maximum absolute atomic E-state index is 5.91. The summed E-state index contributed by atoms with van der Waals surface area (Å²) in [6.45, 7) is 7.11. The van der Waals surface area contributed by atoms with Gasteiger partial charge in [0.1, 0.15) is 12.4 Å². The molecule has 0 amide bonds. The molecule has 4 nitrogen and oxygen atoms in total. The molecule has 2 N–H and O–H groups in total. The number of ether oxygens (including phenoxy) is 1. The summed E-state index contributed by atoms with van der Waals surface area (Å²) in [4.78, 5) is 6.33. The number of likely N-dealkylation sites (tertiary alicyclic amines) is 1. The van der Waals surface area contributed by atoms with Crippen molar-refractivity contribution in [1.29, 1.82) is 0 Å². The SMILES string of the molecule is Cc1cccc2c3c([nH]c12)C1(CCN(CCOc2ccccc2)C1)NCC3. The van der Waals surface area contributed by atoms with Gasteiger partial charge in [0.2, 0.25) is 0 Å². The van der Waals surface area contributed by atoms with Gasteiger partial charge < -0.3 is 15.0 Å². The van der Waals surface area contributed by atoms with E-state index in [2.05, 4.69) is 40.3 Å². The fourth-order valence-corrected chi connectivity index (χ4v) is 4.84. The van der Waals surface area contributed by atoms with Gasteiger partial charge in [-0.1, -0.05) is 36.4 Å². The number of hydrogen-bond acceptors (Lipinski definition) is 3. The van der Waals surface area contributed by atoms with Crippen LogP contribution in [0.2, 0.25) is 0 Å². The topological polar surface area (TPSA) is 40.3 Å². The van der Waals surface area contributed by atoms with Gasteiger partial charge in [-0.2, -0.15) is 0 Å². The van der Waals surface area contributed by atoms with Crippen molar-refractivity contribution in [2.24, 2.45) is 0 Å². The van der Waals surface area contributed by atoms with E-state index in [1.807, 2.05) is 30.3 Å². The van der Waals surface area contributed by atoms with Crippen LogP contribution in [0.5, 0.6) is 5.75 Å². The maximum Gasteiger partial charge on any atom is 0.119 e. The van der Waals surface area contributed by atoms with Gasteiger partial charge in [-0.3, -0.25) is 4.90 Å². The summed E-state index contributed by atoms with van der Waals surface area (Å²) in [6.07, 6.45) is 2.26. The van der Waals surface area contributed by atoms with Gasteiger partial charge in [-0.15, -0.1) is 0 Å². The Hall–Kier alpha value is -2.30. The van der Waals surface area contributed by atoms with Gasteiger partial charge in [-0.05, 0) is 43.0 Å². The lowest BCUT2D eigenvalue weighted by Gasteiger charge is -2.35. The van der Waals surface area contributed by atoms with Crippen LogP contribution < -0.4 is 10.1 Å². The number of para-hydroxylation sites is 2. The number of benzene rings is 2. The van der Waals surface area contributed by atoms with Crippen LogP contribution in [0, 0.1) is 6.92 Å². The molecule has 0 saturated carbocycles. The summed E-state index contributed by atoms with van der Waals surface area (Å²) >= 11 is 0. The number of hydrogen-bond donors (Lipinski definition) is 2. The quantitative estimate of drug-likeness (QED) is 0.746. The van der Waals surface area contributed by atoms with Gasteiger partial charge in [0, 0.05) is 42.8 Å². The number of H-pyrrole nitrogens is 1. The molecular weight excluding hydrogens is 334 g/mol. The zero-order valence-electron chi connectivity index (χ0n) is 15.9. The van der Waals surface area contributed by atoms with Gasteiger partial charge in [-0.25, -0.2) is 0 Å². The number of nitrogens with zero attached hydrogens (tertiary/aromatic N) is 1. The molecular formula is C23H27N3O. The Balaban J connectivity index is 1.33. The number of nitrogens with one attached hydrogen (secondary N) is 2. The average Bonchev–Trinajstić information content (AvgIpc) is 3.27. The van der Waals surface area contributed by atoms with E-state index in [1.165, 1.54) is 27.7 Å². The Kier molecular flexibility index (Phi) is 4.18. The maximum atomic E-state index is 5.91. The van der Waals surface area contributed by atoms with Crippen LogP contribution >= 0.6 is 0 Å². The first kappa shape index (κ1) is 16.8. The highest BCUT2D eigenvalue weighted by atomic mass is 16.5. The molecule has 0 aliphatic carbocycles. The number of aromatic amines is 1. The van der Waals surface area contributed by atoms with E-state index >= 15 is 0 Å². The second-order valence-corrected chi connectivity index (χ2v) is 7.92. The van der Waals surface area contributed by atoms with Gasteiger partial charge in [0.25, 0.3) is 0 Å². The van der Waals surface area contributed by atoms with Crippen molar-refractivity contribution < 1.29 is 4.74 Å². The zero-order chi connectivity index (χ0) is 18.3. The number of aryl methyl sites for hydroxylation is 1. The van der Waals surface area contributed by atoms with E-state index in [1.54, 1.807) is 0 Å². The number of rotatable bonds is 4. The highest BCUT2D eigenvalue weighted by molar-refractivity contribution is 5.88. The summed E-state index contributed by atoms with van der Waals surface area (Å²) in [5, 5.41) is 5.27. The molecule has 1 saturated heterocycles. The first-order chi connectivity index (χ1) is 13.3. The molecule has 0 radical (unpaired) electrons. The standard InChI is InChI=1S/C23H27N3O/c1-17-6-5-9-19-20-10-12-24-23(22(20)25-21(17)19)11-13-26(16-23)14-15-27-18-7-3-2-4-8-18/h2-9,24-25H,10-16H2,1H3. The Morgan fingerprint density at radius 2 is 2.00 bits per heavy atom. The summed E-state index contributed by atoms with van der Waals surface area (Å²) in [5.74, 6) is 0.954. The van der Waals surface area contributed by atoms with E-state index < -0.39 is 0 Å². The van der Waals surface area contributed by atoms with Crippen LogP contribution in [0.4, 0.5) is 0 Å². The summed E-state index contributed by atoms with van der Waals surface area (Å²) in [7, 11) is 0. The minimum atomic E-state index is 0.0613. The summed E-state index contributed by atoms with van der Waals surface area (Å²) in [6, 6.07) is 16.8. The molecule has 140 valence electrons. The van der Waals surface area contributed by atoms with Crippen molar-refractivity contribution in [3.8, 4) is 5.75 Å². The highest BCUT2D eigenvalue weighted by Gasteiger charge is 2.43. The van der Waals surface area contributed by atoms with E-state index in [0.29, 0.717) is 0 Å². The average molecular weight is 361 g/mol. The fraction of sp³-hybridized carbons (Fsp3) is 0.391. The monoisotopic (exact) mass is 361 g/mol. The number of aromatic nitrogens is 1. The van der Waals surface area contributed by atoms with E-state index in [0.717, 1.165) is 51.4 Å². The summed E-state index contributed by atoms with van der Waals surface area (Å²) < 4.78 is 5.91. The van der Waals surface area contributed by atoms with E-state index in [-0.39, 0.29) is 5.54 Å². The van der Waals surface area contributed by atoms with Crippen LogP contribution in [-0.2, 0) is 12.0 Å². The molecule has 1 aromatic heterocycles. The molecule has 2 aliphatic heterocycles. The molecule has 27 heavy (non-hydrogen) atoms. The Labute approximate surface area is 160 Å². The Bertz CT molecular complexity index is 949. The van der Waals surface area contributed by atoms with E-state index in [4.69, 9.17) is 4.74 Å². The lowest BCUT2D eigenvalue weighted by molar-refractivity contribution is 0.218. The Morgan fingerprint density at radius 3 is 2.89 bits per heavy atom. The third-order valence-corrected chi connectivity index (χ3v) is 6.23. The van der Waals surface area contributed by atoms with Crippen molar-refractivity contribution >= 4 is 10.9 Å². The second-order valence-electron chi connectivity index (χ2n) is 7.92. The van der Waals surface area contributed by atoms with Crippen LogP contribution in [0.1, 0.15) is 23.2 Å². The van der Waals surface area contributed by atoms with Crippen LogP contribution in [0.3, 0.4) is 0 Å². The molecule has 1 atom stereocenters. The minimum absolute atomic E-state index is 0.0613. The molecule has 1 fully saturated rings. The first-order valence-electron chi connectivity index (χ1n) is 10.0. The van der Waals surface area contributed by atoms with Gasteiger partial charge in [0.05, 0.1) is 5.54 Å². The second kappa shape index (κ2) is 6.70. The smallest absolute Gasteiger partial charge is 0.119 e. The molecule has 3 heterocycles. The van der Waals surface area contributed by atoms with Gasteiger partial charge in [0.15, 0.2) is 0 Å². The zero-order valence-corrected chi connectivity index (χ0v) is 15.9. The van der Waals surface area contributed by atoms with Crippen molar-refractivity contribution in [2.75, 3.05) is 32.8 Å². The molecule has 4 heteroatoms. The minimum Gasteiger partial charge on any atom is -0.492 e. The predicted molar refractivity (Wildman–Crippen MR) is 109 cm³/mol. The van der Waals surface area contributed by atoms with Crippen molar-refractivity contribution in [2.45, 2.75) is 25.3 Å². The molecule has 5 rings (SSSR count). The molecule has 2 aromatic carbocycles. The van der Waals surface area contributed by atoms with Crippen LogP contribution in [0.15, 0.2) is 48.5 Å². The van der Waals surface area contributed by atoms with Crippen molar-refractivity contribution in [3.05, 3.63) is 65.4 Å². The normalized spacial score (nSPS) is 22.4. The molecule has 1 spiro atoms. The largest absolute Gasteiger partial charge is 0.492 e. The van der Waals surface area contributed by atoms with Crippen LogP contribution in [0.25, 0.3) is 10.9 Å². The molecule has 0 bridgehead atoms. The molecule has 2 aliphatic rings. The van der Waals surface area contributed by atoms with Crippen molar-refractivity contribution in [3.63, 3.8) is 0 Å². The fourth-order valence-electron chi connectivity index (χ4n) is 4.84. The number of fused-ring (bicyclic) bond motifs is 4. The third kappa shape index (κ3) is 2.93. The molecule has 3 aromatic rings. The Morgan fingerprint density at radius 1 is 1.11 bits per heavy atom. The lowest BCUT2D eigenvalue weighted by atomic mass is 9.86. The van der Waals surface area contributed by atoms with Crippen molar-refractivity contribution in [1.82, 2.24) is 15.2 Å². The van der Waals surface area contributed by atoms with Gasteiger partial charge >= 0.3 is 0 Å². The lowest BCUT2D eigenvalue weighted by Crippen LogP contribution is -2.49. The van der Waals surface area contributed by atoms with E-state index in [9.17, 15) is 0 Å². The highest BCUT2D eigenvalue weighted by Crippen LogP contribution is 2.39. The third-order valence-electron chi connectivity index (χ3n) is 6.23. The van der Waals surface area contributed by atoms with Crippen LogP contribution in [-0.4, -0.2) is 42.7 Å². The summed E-state index contributed by atoms with van der Waals surface area (Å²) in [5.41, 5.74) is 5.66. The predicted octanol–water partition coefficient (Wildman–Crippen LogP) is 3.60. The first-order valence-corrected chi connectivity index (χ1v) is 10.0.